The van der Waals surface area contributed by atoms with Gasteiger partial charge in [-0.2, -0.15) is 0 Å². The van der Waals surface area contributed by atoms with Crippen LogP contribution in [0.25, 0.3) is 22.9 Å². The van der Waals surface area contributed by atoms with Crippen molar-refractivity contribution >= 4 is 63.7 Å². The molecule has 2 N–H and O–H groups in total. The molecular formula is C25H12Cl3FO4. The Bertz CT molecular complexity index is 1650. The number of halogens is 4. The van der Waals surface area contributed by atoms with Crippen molar-refractivity contribution in [3.05, 3.63) is 96.5 Å². The third-order valence-electron chi connectivity index (χ3n) is 5.56. The average molecular weight is 502 g/mol. The number of carbonyl (C=O) groups is 1. The van der Waals surface area contributed by atoms with Gasteiger partial charge in [-0.05, 0) is 29.0 Å². The number of fused-ring (bicyclic) bond motifs is 4. The van der Waals surface area contributed by atoms with E-state index in [0.29, 0.717) is 16.3 Å². The quantitative estimate of drug-likeness (QED) is 0.306. The van der Waals surface area contributed by atoms with E-state index in [9.17, 15) is 15.0 Å². The summed E-state index contributed by atoms with van der Waals surface area (Å²) in [5.41, 5.74) is 0.391. The summed E-state index contributed by atoms with van der Waals surface area (Å²) in [5, 5.41) is 21.6. The molecule has 5 rings (SSSR count). The molecule has 0 unspecified atom stereocenters. The molecule has 1 aliphatic rings. The molecule has 0 spiro atoms. The van der Waals surface area contributed by atoms with Crippen molar-refractivity contribution < 1.29 is 24.1 Å². The number of hydrogen-bond acceptors (Lipinski definition) is 3. The van der Waals surface area contributed by atoms with Crippen molar-refractivity contribution in [1.29, 1.82) is 0 Å². The van der Waals surface area contributed by atoms with Gasteiger partial charge in [-0.1, -0.05) is 65.6 Å². The fraction of sp³-hybridized carbons (Fsp3) is 0. The van der Waals surface area contributed by atoms with Crippen LogP contribution in [-0.2, 0) is 0 Å². The third kappa shape index (κ3) is 3.16. The smallest absolute Gasteiger partial charge is 0.337 e. The maximum absolute atomic E-state index is 15.6. The van der Waals surface area contributed by atoms with Gasteiger partial charge in [-0.25, -0.2) is 9.18 Å². The predicted molar refractivity (Wildman–Crippen MR) is 127 cm³/mol. The molecule has 164 valence electrons. The van der Waals surface area contributed by atoms with Gasteiger partial charge in [-0.15, -0.1) is 0 Å². The second-order valence-corrected chi connectivity index (χ2v) is 8.63. The van der Waals surface area contributed by atoms with Crippen LogP contribution in [0.5, 0.6) is 17.2 Å². The lowest BCUT2D eigenvalue weighted by Gasteiger charge is -2.25. The highest BCUT2D eigenvalue weighted by Gasteiger charge is 2.31. The van der Waals surface area contributed by atoms with E-state index in [2.05, 4.69) is 6.58 Å². The molecular weight excluding hydrogens is 490 g/mol. The minimum atomic E-state index is -1.32. The first-order valence-corrected chi connectivity index (χ1v) is 10.7. The summed E-state index contributed by atoms with van der Waals surface area (Å²) in [7, 11) is 0. The van der Waals surface area contributed by atoms with Crippen molar-refractivity contribution in [2.24, 2.45) is 0 Å². The first-order valence-electron chi connectivity index (χ1n) is 9.56. The lowest BCUT2D eigenvalue weighted by atomic mass is 9.87. The van der Waals surface area contributed by atoms with Gasteiger partial charge in [0.25, 0.3) is 0 Å². The summed E-state index contributed by atoms with van der Waals surface area (Å²) in [6.45, 7) is 3.84. The highest BCUT2D eigenvalue weighted by Crippen LogP contribution is 2.45. The van der Waals surface area contributed by atoms with Crippen LogP contribution < -0.4 is 15.2 Å². The van der Waals surface area contributed by atoms with Crippen molar-refractivity contribution in [1.82, 2.24) is 0 Å². The number of phenolic OH excluding ortho intramolecular Hbond substituents is 1. The van der Waals surface area contributed by atoms with Crippen LogP contribution in [0.2, 0.25) is 15.1 Å². The standard InChI is InChI=1S/C25H12Cl3FO4/c1-10-11-4-2-3-5-12(11)20-19(21-14(26)6-7-15(27)22(21)25(31)32)13-8-16(28)17(30)9-18(13)33-24(20)23(10)29/h2-9,30H,1H2,(H,31,32). The molecule has 0 amide bonds. The van der Waals surface area contributed by atoms with Crippen molar-refractivity contribution in [2.45, 2.75) is 0 Å². The molecule has 33 heavy (non-hydrogen) atoms. The molecule has 0 saturated heterocycles. The Labute approximate surface area is 201 Å². The first-order chi connectivity index (χ1) is 15.7. The molecule has 0 aliphatic carbocycles. The maximum Gasteiger partial charge on any atom is 0.337 e. The van der Waals surface area contributed by atoms with Crippen LogP contribution in [0.3, 0.4) is 0 Å². The minimum absolute atomic E-state index is 0.00752. The summed E-state index contributed by atoms with van der Waals surface area (Å²) >= 11 is 19.0. The van der Waals surface area contributed by atoms with Crippen LogP contribution in [0.1, 0.15) is 21.5 Å². The molecule has 0 aromatic heterocycles. The molecule has 4 aromatic carbocycles. The van der Waals surface area contributed by atoms with Gasteiger partial charge in [0.1, 0.15) is 11.5 Å². The van der Waals surface area contributed by atoms with E-state index in [1.165, 1.54) is 24.3 Å². The minimum Gasteiger partial charge on any atom is -0.506 e. The van der Waals surface area contributed by atoms with Crippen LogP contribution in [0.15, 0.2) is 48.5 Å². The van der Waals surface area contributed by atoms with E-state index in [-0.39, 0.29) is 59.5 Å². The lowest BCUT2D eigenvalue weighted by Crippen LogP contribution is -2.25. The van der Waals surface area contributed by atoms with Gasteiger partial charge >= 0.3 is 5.97 Å². The van der Waals surface area contributed by atoms with E-state index >= 15 is 4.39 Å². The number of rotatable bonds is 2. The zero-order valence-electron chi connectivity index (χ0n) is 16.5. The molecule has 0 saturated carbocycles. The molecule has 1 aliphatic heterocycles. The molecule has 0 radical (unpaired) electrons. The summed E-state index contributed by atoms with van der Waals surface area (Å²) in [6, 6.07) is 12.4. The van der Waals surface area contributed by atoms with Crippen LogP contribution >= 0.6 is 34.8 Å². The van der Waals surface area contributed by atoms with Gasteiger partial charge in [0, 0.05) is 38.2 Å². The Kier molecular flexibility index (Phi) is 5.01. The van der Waals surface area contributed by atoms with Crippen molar-refractivity contribution in [2.75, 3.05) is 0 Å². The molecule has 0 fully saturated rings. The number of ether oxygens (including phenoxy) is 1. The third-order valence-corrected chi connectivity index (χ3v) is 6.49. The number of phenols is 1. The van der Waals surface area contributed by atoms with E-state index in [0.717, 1.165) is 0 Å². The summed E-state index contributed by atoms with van der Waals surface area (Å²) in [4.78, 5) is 12.2. The monoisotopic (exact) mass is 500 g/mol. The molecule has 4 aromatic rings. The highest BCUT2D eigenvalue weighted by molar-refractivity contribution is 6.37. The Morgan fingerprint density at radius 1 is 0.970 bits per heavy atom. The van der Waals surface area contributed by atoms with Crippen LogP contribution in [-0.4, -0.2) is 16.2 Å². The van der Waals surface area contributed by atoms with E-state index < -0.39 is 11.8 Å². The van der Waals surface area contributed by atoms with Crippen LogP contribution in [0, 0.1) is 5.82 Å². The first kappa shape index (κ1) is 21.6. The zero-order chi connectivity index (χ0) is 23.6. The molecule has 0 atom stereocenters. The number of aromatic carboxylic acids is 1. The van der Waals surface area contributed by atoms with Gasteiger partial charge in [0.05, 0.1) is 15.6 Å². The van der Waals surface area contributed by atoms with Crippen molar-refractivity contribution in [3.63, 3.8) is 0 Å². The summed E-state index contributed by atoms with van der Waals surface area (Å²) < 4.78 is 21.4. The average Bonchev–Trinajstić information content (AvgIpc) is 2.78. The number of carboxylic acids is 1. The zero-order valence-corrected chi connectivity index (χ0v) is 18.8. The Balaban J connectivity index is 2.15. The molecule has 0 bridgehead atoms. The predicted octanol–water partition coefficient (Wildman–Crippen LogP) is 6.11. The largest absolute Gasteiger partial charge is 0.506 e. The fourth-order valence-corrected chi connectivity index (χ4v) is 4.78. The topological polar surface area (TPSA) is 66.8 Å². The van der Waals surface area contributed by atoms with Gasteiger partial charge in [0.15, 0.2) is 11.6 Å². The Morgan fingerprint density at radius 3 is 2.33 bits per heavy atom. The summed E-state index contributed by atoms with van der Waals surface area (Å²) in [5.74, 6) is -2.43. The number of aromatic hydroxyl groups is 1. The van der Waals surface area contributed by atoms with Gasteiger partial charge in [-0.3, -0.25) is 0 Å². The normalized spacial score (nSPS) is 12.3. The fourth-order valence-electron chi connectivity index (χ4n) is 4.13. The van der Waals surface area contributed by atoms with Crippen molar-refractivity contribution in [3.8, 4) is 17.2 Å². The maximum atomic E-state index is 15.6. The molecule has 1 heterocycles. The number of benzene rings is 4. The number of carboxylic acid groups (broad SMARTS) is 1. The number of hydrogen-bond donors (Lipinski definition) is 2. The van der Waals surface area contributed by atoms with Crippen LogP contribution in [0.4, 0.5) is 4.39 Å². The lowest BCUT2D eigenvalue weighted by molar-refractivity contribution is 0.0696. The second kappa shape index (κ2) is 7.66. The van der Waals surface area contributed by atoms with Gasteiger partial charge in [0.2, 0.25) is 0 Å². The van der Waals surface area contributed by atoms with E-state index in [1.54, 1.807) is 24.3 Å². The SMILES string of the molecule is C=c1c(F)c2c(c3ccccc13)=C(c1c(Cl)ccc(Cl)c1C(=O)O)c1cc(Cl)c(O)cc1O2. The highest BCUT2D eigenvalue weighted by atomic mass is 35.5. The van der Waals surface area contributed by atoms with E-state index in [4.69, 9.17) is 39.5 Å². The molecule has 8 heteroatoms. The Hall–Kier alpha value is -3.25. The summed E-state index contributed by atoms with van der Waals surface area (Å²) in [6.07, 6.45) is 0. The second-order valence-electron chi connectivity index (χ2n) is 7.40. The molecule has 4 nitrogen and oxygen atoms in total. The van der Waals surface area contributed by atoms with Gasteiger partial charge < -0.3 is 14.9 Å². The van der Waals surface area contributed by atoms with E-state index in [1.807, 2.05) is 0 Å². The Morgan fingerprint density at radius 2 is 1.64 bits per heavy atom.